The van der Waals surface area contributed by atoms with E-state index < -0.39 is 0 Å². The fraction of sp³-hybridized carbons (Fsp3) is 0.381. The lowest BCUT2D eigenvalue weighted by Gasteiger charge is -2.29. The van der Waals surface area contributed by atoms with Crippen LogP contribution in [0, 0.1) is 0 Å². The smallest absolute Gasteiger partial charge is 0.246 e. The average Bonchev–Trinajstić information content (AvgIpc) is 2.67. The van der Waals surface area contributed by atoms with Gasteiger partial charge in [0.1, 0.15) is 5.75 Å². The van der Waals surface area contributed by atoms with Gasteiger partial charge in [-0.2, -0.15) is 0 Å². The number of rotatable bonds is 7. The maximum absolute atomic E-state index is 12.6. The fourth-order valence-electron chi connectivity index (χ4n) is 3.07. The number of ether oxygens (including phenoxy) is 1. The van der Waals surface area contributed by atoms with Crippen molar-refractivity contribution in [2.24, 2.45) is 0 Å². The summed E-state index contributed by atoms with van der Waals surface area (Å²) in [5.41, 5.74) is 3.25. The van der Waals surface area contributed by atoms with Gasteiger partial charge < -0.3 is 15.0 Å². The van der Waals surface area contributed by atoms with Crippen molar-refractivity contribution >= 4 is 17.3 Å². The summed E-state index contributed by atoms with van der Waals surface area (Å²) >= 11 is 0. The summed E-state index contributed by atoms with van der Waals surface area (Å²) < 4.78 is 5.66. The minimum Gasteiger partial charge on any atom is -0.494 e. The summed E-state index contributed by atoms with van der Waals surface area (Å²) in [6.45, 7) is 3.98. The van der Waals surface area contributed by atoms with Crippen molar-refractivity contribution < 1.29 is 9.53 Å². The molecular formula is C21H26N2O2. The summed E-state index contributed by atoms with van der Waals surface area (Å²) in [6.07, 6.45) is 4.26. The van der Waals surface area contributed by atoms with Crippen molar-refractivity contribution in [2.45, 2.75) is 32.6 Å². The number of fused-ring (bicyclic) bond motifs is 1. The zero-order valence-electron chi connectivity index (χ0n) is 14.8. The SMILES string of the molecule is CCCCOc1ccc(NCC(=O)N2CCCc3ccccc32)cc1. The molecule has 1 amide bonds. The van der Waals surface area contributed by atoms with Gasteiger partial charge in [-0.25, -0.2) is 0 Å². The second-order valence-corrected chi connectivity index (χ2v) is 6.36. The number of para-hydroxylation sites is 1. The second kappa shape index (κ2) is 8.56. The molecule has 0 aliphatic carbocycles. The molecule has 0 saturated heterocycles. The Balaban J connectivity index is 1.54. The Kier molecular flexibility index (Phi) is 5.94. The highest BCUT2D eigenvalue weighted by Gasteiger charge is 2.21. The first kappa shape index (κ1) is 17.3. The van der Waals surface area contributed by atoms with E-state index >= 15 is 0 Å². The molecule has 0 radical (unpaired) electrons. The van der Waals surface area contributed by atoms with E-state index in [1.54, 1.807) is 0 Å². The molecule has 0 saturated carbocycles. The van der Waals surface area contributed by atoms with E-state index in [2.05, 4.69) is 18.3 Å². The first-order valence-corrected chi connectivity index (χ1v) is 9.13. The molecule has 0 bridgehead atoms. The number of nitrogens with zero attached hydrogens (tertiary/aromatic N) is 1. The van der Waals surface area contributed by atoms with E-state index in [1.807, 2.05) is 47.4 Å². The highest BCUT2D eigenvalue weighted by molar-refractivity contribution is 5.97. The highest BCUT2D eigenvalue weighted by atomic mass is 16.5. The Bertz CT molecular complexity index is 697. The average molecular weight is 338 g/mol. The van der Waals surface area contributed by atoms with Crippen molar-refractivity contribution in [3.8, 4) is 5.75 Å². The number of hydrogen-bond donors (Lipinski definition) is 1. The molecule has 0 fully saturated rings. The van der Waals surface area contributed by atoms with Crippen molar-refractivity contribution in [2.75, 3.05) is 29.9 Å². The molecule has 1 heterocycles. The van der Waals surface area contributed by atoms with E-state index in [-0.39, 0.29) is 5.91 Å². The zero-order chi connectivity index (χ0) is 17.5. The molecule has 0 atom stereocenters. The lowest BCUT2D eigenvalue weighted by Crippen LogP contribution is -2.39. The van der Waals surface area contributed by atoms with E-state index in [0.717, 1.165) is 56.0 Å². The Morgan fingerprint density at radius 2 is 1.96 bits per heavy atom. The molecule has 25 heavy (non-hydrogen) atoms. The number of anilines is 2. The van der Waals surface area contributed by atoms with Crippen LogP contribution in [0.2, 0.25) is 0 Å². The van der Waals surface area contributed by atoms with E-state index in [0.29, 0.717) is 6.54 Å². The van der Waals surface area contributed by atoms with E-state index in [4.69, 9.17) is 4.74 Å². The standard InChI is InChI=1S/C21H26N2O2/c1-2-3-15-25-19-12-10-18(11-13-19)22-16-21(24)23-14-6-8-17-7-4-5-9-20(17)23/h4-5,7,9-13,22H,2-3,6,8,14-16H2,1H3. The number of hydrogen-bond acceptors (Lipinski definition) is 3. The Hall–Kier alpha value is -2.49. The van der Waals surface area contributed by atoms with Gasteiger partial charge in [0.05, 0.1) is 13.2 Å². The van der Waals surface area contributed by atoms with Crippen molar-refractivity contribution in [1.29, 1.82) is 0 Å². The summed E-state index contributed by atoms with van der Waals surface area (Å²) in [5.74, 6) is 0.978. The molecule has 0 unspecified atom stereocenters. The van der Waals surface area contributed by atoms with E-state index in [9.17, 15) is 4.79 Å². The van der Waals surface area contributed by atoms with Crippen LogP contribution in [0.5, 0.6) is 5.75 Å². The number of carbonyl (C=O) groups excluding carboxylic acids is 1. The number of aryl methyl sites for hydroxylation is 1. The van der Waals surface area contributed by atoms with Crippen LogP contribution in [0.1, 0.15) is 31.7 Å². The van der Waals surface area contributed by atoms with Crippen LogP contribution in [-0.2, 0) is 11.2 Å². The molecule has 0 aromatic heterocycles. The first-order chi connectivity index (χ1) is 12.3. The normalized spacial score (nSPS) is 13.2. The van der Waals surface area contributed by atoms with Crippen LogP contribution >= 0.6 is 0 Å². The third kappa shape index (κ3) is 4.53. The van der Waals surface area contributed by atoms with Gasteiger partial charge in [0, 0.05) is 17.9 Å². The molecule has 4 heteroatoms. The number of unbranched alkanes of at least 4 members (excludes halogenated alkanes) is 1. The lowest BCUT2D eigenvalue weighted by atomic mass is 10.0. The maximum atomic E-state index is 12.6. The third-order valence-electron chi connectivity index (χ3n) is 4.48. The molecule has 2 aromatic rings. The molecule has 1 aliphatic rings. The Labute approximate surface area is 149 Å². The van der Waals surface area contributed by atoms with Crippen molar-refractivity contribution in [3.05, 3.63) is 54.1 Å². The van der Waals surface area contributed by atoms with Crippen LogP contribution in [0.15, 0.2) is 48.5 Å². The summed E-state index contributed by atoms with van der Waals surface area (Å²) in [7, 11) is 0. The second-order valence-electron chi connectivity index (χ2n) is 6.36. The number of carbonyl (C=O) groups is 1. The van der Waals surface area contributed by atoms with Gasteiger partial charge in [0.25, 0.3) is 0 Å². The zero-order valence-corrected chi connectivity index (χ0v) is 14.8. The largest absolute Gasteiger partial charge is 0.494 e. The van der Waals surface area contributed by atoms with Gasteiger partial charge in [0.2, 0.25) is 5.91 Å². The molecule has 4 nitrogen and oxygen atoms in total. The minimum atomic E-state index is 0.107. The number of nitrogens with one attached hydrogen (secondary N) is 1. The van der Waals surface area contributed by atoms with Gasteiger partial charge >= 0.3 is 0 Å². The molecule has 3 rings (SSSR count). The molecule has 1 N–H and O–H groups in total. The summed E-state index contributed by atoms with van der Waals surface area (Å²) in [4.78, 5) is 14.5. The first-order valence-electron chi connectivity index (χ1n) is 9.13. The summed E-state index contributed by atoms with van der Waals surface area (Å²) in [5, 5.41) is 3.22. The molecule has 132 valence electrons. The highest BCUT2D eigenvalue weighted by Crippen LogP contribution is 2.26. The van der Waals surface area contributed by atoms with Crippen LogP contribution in [0.3, 0.4) is 0 Å². The lowest BCUT2D eigenvalue weighted by molar-refractivity contribution is -0.117. The third-order valence-corrected chi connectivity index (χ3v) is 4.48. The number of amides is 1. The Morgan fingerprint density at radius 1 is 1.16 bits per heavy atom. The molecule has 2 aromatic carbocycles. The molecule has 1 aliphatic heterocycles. The van der Waals surface area contributed by atoms with Crippen LogP contribution in [0.4, 0.5) is 11.4 Å². The minimum absolute atomic E-state index is 0.107. The maximum Gasteiger partial charge on any atom is 0.246 e. The molecular weight excluding hydrogens is 312 g/mol. The van der Waals surface area contributed by atoms with Gasteiger partial charge in [0.15, 0.2) is 0 Å². The predicted molar refractivity (Wildman–Crippen MR) is 102 cm³/mol. The van der Waals surface area contributed by atoms with Crippen LogP contribution in [0.25, 0.3) is 0 Å². The van der Waals surface area contributed by atoms with E-state index in [1.165, 1.54) is 5.56 Å². The van der Waals surface area contributed by atoms with Crippen molar-refractivity contribution in [3.63, 3.8) is 0 Å². The van der Waals surface area contributed by atoms with Gasteiger partial charge in [-0.1, -0.05) is 31.5 Å². The fourth-order valence-corrected chi connectivity index (χ4v) is 3.07. The van der Waals surface area contributed by atoms with Gasteiger partial charge in [-0.15, -0.1) is 0 Å². The van der Waals surface area contributed by atoms with Gasteiger partial charge in [-0.3, -0.25) is 4.79 Å². The van der Waals surface area contributed by atoms with Crippen molar-refractivity contribution in [1.82, 2.24) is 0 Å². The molecule has 0 spiro atoms. The monoisotopic (exact) mass is 338 g/mol. The Morgan fingerprint density at radius 3 is 2.76 bits per heavy atom. The quantitative estimate of drug-likeness (QED) is 0.767. The van der Waals surface area contributed by atoms with Gasteiger partial charge in [-0.05, 0) is 55.2 Å². The topological polar surface area (TPSA) is 41.6 Å². The number of benzene rings is 2. The van der Waals surface area contributed by atoms with Crippen LogP contribution < -0.4 is 15.0 Å². The summed E-state index contributed by atoms with van der Waals surface area (Å²) in [6, 6.07) is 16.0. The van der Waals surface area contributed by atoms with Crippen LogP contribution in [-0.4, -0.2) is 25.6 Å². The predicted octanol–water partition coefficient (Wildman–Crippen LogP) is 4.26.